The molecule has 34 heavy (non-hydrogen) atoms. The molecule has 0 fully saturated rings. The first kappa shape index (κ1) is 21.1. The molecule has 0 radical (unpaired) electrons. The molecular weight excluding hydrogens is 438 g/mol. The number of aromatic amines is 1. The summed E-state index contributed by atoms with van der Waals surface area (Å²) in [5, 5.41) is 9.56. The zero-order valence-electron chi connectivity index (χ0n) is 18.0. The lowest BCUT2D eigenvalue weighted by Crippen LogP contribution is -2.43. The molecule has 2 aromatic carbocycles. The Labute approximate surface area is 191 Å². The molecule has 5 rings (SSSR count). The zero-order chi connectivity index (χ0) is 23.8. The largest absolute Gasteiger partial charge is 0.306 e. The van der Waals surface area contributed by atoms with Crippen molar-refractivity contribution in [1.29, 1.82) is 0 Å². The molecule has 11 heteroatoms. The SMILES string of the molecule is CCCn1nc(C(=O)NNC(=O)c2cnn3c2[nH]c(=O)c2ccccc23)c2ccccc2c1=O. The van der Waals surface area contributed by atoms with Gasteiger partial charge in [-0.2, -0.15) is 10.2 Å². The number of hydrogen-bond acceptors (Lipinski definition) is 6. The average molecular weight is 457 g/mol. The predicted molar refractivity (Wildman–Crippen MR) is 125 cm³/mol. The maximum atomic E-state index is 12.9. The summed E-state index contributed by atoms with van der Waals surface area (Å²) >= 11 is 0. The third-order valence-corrected chi connectivity index (χ3v) is 5.43. The number of aryl methyl sites for hydroxylation is 1. The van der Waals surface area contributed by atoms with E-state index in [2.05, 4.69) is 26.0 Å². The molecule has 0 bridgehead atoms. The standard InChI is InChI=1S/C23H19N7O4/c1-2-11-29-23(34)14-8-4-3-7-13(14)18(28-29)22(33)27-26-21(32)16-12-24-30-17-10-6-5-9-15(17)20(31)25-19(16)30/h3-10,12H,2,11H2,1H3,(H,25,31)(H,26,32)(H,27,33). The van der Waals surface area contributed by atoms with Gasteiger partial charge in [-0.3, -0.25) is 30.0 Å². The van der Waals surface area contributed by atoms with Gasteiger partial charge < -0.3 is 4.98 Å². The van der Waals surface area contributed by atoms with E-state index in [4.69, 9.17) is 0 Å². The molecule has 0 unspecified atom stereocenters. The predicted octanol–water partition coefficient (Wildman–Crippen LogP) is 1.37. The fraction of sp³-hybridized carbons (Fsp3) is 0.130. The molecular formula is C23H19N7O4. The van der Waals surface area contributed by atoms with Gasteiger partial charge in [-0.15, -0.1) is 0 Å². The summed E-state index contributed by atoms with van der Waals surface area (Å²) in [6, 6.07) is 13.5. The van der Waals surface area contributed by atoms with Crippen LogP contribution in [0.2, 0.25) is 0 Å². The van der Waals surface area contributed by atoms with E-state index in [1.54, 1.807) is 48.5 Å². The number of fused-ring (bicyclic) bond motifs is 4. The van der Waals surface area contributed by atoms with Crippen LogP contribution in [-0.2, 0) is 6.54 Å². The van der Waals surface area contributed by atoms with Gasteiger partial charge in [-0.05, 0) is 24.6 Å². The first-order chi connectivity index (χ1) is 16.5. The highest BCUT2D eigenvalue weighted by atomic mass is 16.2. The lowest BCUT2D eigenvalue weighted by molar-refractivity contribution is 0.0844. The molecule has 0 aliphatic rings. The summed E-state index contributed by atoms with van der Waals surface area (Å²) in [5.41, 5.74) is 4.82. The maximum absolute atomic E-state index is 12.9. The number of H-pyrrole nitrogens is 1. The number of carbonyl (C=O) groups excluding carboxylic acids is 2. The molecule has 170 valence electrons. The summed E-state index contributed by atoms with van der Waals surface area (Å²) in [6.45, 7) is 2.24. The van der Waals surface area contributed by atoms with Gasteiger partial charge in [-0.1, -0.05) is 37.3 Å². The van der Waals surface area contributed by atoms with Crippen LogP contribution in [0, 0.1) is 0 Å². The highest BCUT2D eigenvalue weighted by Gasteiger charge is 2.20. The van der Waals surface area contributed by atoms with Crippen molar-refractivity contribution in [3.63, 3.8) is 0 Å². The minimum atomic E-state index is -0.690. The van der Waals surface area contributed by atoms with Crippen LogP contribution in [0.4, 0.5) is 0 Å². The van der Waals surface area contributed by atoms with Gasteiger partial charge in [0.1, 0.15) is 11.2 Å². The van der Waals surface area contributed by atoms with Crippen LogP contribution in [0.25, 0.3) is 27.3 Å². The van der Waals surface area contributed by atoms with Crippen molar-refractivity contribution in [2.75, 3.05) is 0 Å². The molecule has 0 saturated carbocycles. The van der Waals surface area contributed by atoms with Gasteiger partial charge in [-0.25, -0.2) is 9.20 Å². The Morgan fingerprint density at radius 3 is 2.38 bits per heavy atom. The van der Waals surface area contributed by atoms with Crippen molar-refractivity contribution in [3.05, 3.63) is 86.7 Å². The van der Waals surface area contributed by atoms with Crippen molar-refractivity contribution < 1.29 is 9.59 Å². The minimum Gasteiger partial charge on any atom is -0.306 e. The number of aromatic nitrogens is 5. The quantitative estimate of drug-likeness (QED) is 0.348. The van der Waals surface area contributed by atoms with Crippen LogP contribution < -0.4 is 22.0 Å². The van der Waals surface area contributed by atoms with E-state index in [-0.39, 0.29) is 28.0 Å². The monoisotopic (exact) mass is 457 g/mol. The number of benzene rings is 2. The second-order valence-electron chi connectivity index (χ2n) is 7.62. The summed E-state index contributed by atoms with van der Waals surface area (Å²) in [5.74, 6) is -1.37. The molecule has 0 saturated heterocycles. The molecule has 3 heterocycles. The van der Waals surface area contributed by atoms with Crippen LogP contribution in [-0.4, -0.2) is 36.2 Å². The average Bonchev–Trinajstić information content (AvgIpc) is 3.28. The number of para-hydroxylation sites is 1. The smallest absolute Gasteiger partial charge is 0.290 e. The molecule has 3 aromatic heterocycles. The first-order valence-corrected chi connectivity index (χ1v) is 10.6. The molecule has 11 nitrogen and oxygen atoms in total. The summed E-state index contributed by atoms with van der Waals surface area (Å²) in [4.78, 5) is 53.4. The van der Waals surface area contributed by atoms with E-state index in [1.165, 1.54) is 15.4 Å². The van der Waals surface area contributed by atoms with E-state index < -0.39 is 11.8 Å². The Kier molecular flexibility index (Phi) is 5.13. The van der Waals surface area contributed by atoms with Gasteiger partial charge in [0.05, 0.1) is 22.5 Å². The Hall–Kier alpha value is -4.80. The summed E-state index contributed by atoms with van der Waals surface area (Å²) < 4.78 is 2.68. The van der Waals surface area contributed by atoms with Gasteiger partial charge in [0.25, 0.3) is 22.9 Å². The number of carbonyl (C=O) groups is 2. The summed E-state index contributed by atoms with van der Waals surface area (Å²) in [6.07, 6.45) is 1.96. The number of hydrazine groups is 1. The minimum absolute atomic E-state index is 0.00298. The van der Waals surface area contributed by atoms with Crippen LogP contribution in [0.3, 0.4) is 0 Å². The molecule has 0 atom stereocenters. The van der Waals surface area contributed by atoms with E-state index in [0.717, 1.165) is 0 Å². The molecule has 0 spiro atoms. The molecule has 3 N–H and O–H groups in total. The Bertz CT molecular complexity index is 1710. The van der Waals surface area contributed by atoms with Gasteiger partial charge in [0, 0.05) is 11.9 Å². The van der Waals surface area contributed by atoms with E-state index in [1.807, 2.05) is 6.92 Å². The van der Waals surface area contributed by atoms with Gasteiger partial charge in [0.2, 0.25) is 0 Å². The van der Waals surface area contributed by atoms with Gasteiger partial charge in [0.15, 0.2) is 5.69 Å². The van der Waals surface area contributed by atoms with Crippen LogP contribution in [0.15, 0.2) is 64.3 Å². The van der Waals surface area contributed by atoms with Crippen LogP contribution >= 0.6 is 0 Å². The Morgan fingerprint density at radius 1 is 0.941 bits per heavy atom. The first-order valence-electron chi connectivity index (χ1n) is 10.6. The van der Waals surface area contributed by atoms with Crippen molar-refractivity contribution >= 4 is 39.1 Å². The maximum Gasteiger partial charge on any atom is 0.290 e. The lowest BCUT2D eigenvalue weighted by Gasteiger charge is -2.11. The summed E-state index contributed by atoms with van der Waals surface area (Å²) in [7, 11) is 0. The van der Waals surface area contributed by atoms with Crippen molar-refractivity contribution in [3.8, 4) is 0 Å². The third kappa shape index (κ3) is 3.39. The molecule has 0 aliphatic carbocycles. The van der Waals surface area contributed by atoms with E-state index in [0.29, 0.717) is 34.6 Å². The lowest BCUT2D eigenvalue weighted by atomic mass is 10.1. The third-order valence-electron chi connectivity index (χ3n) is 5.43. The normalized spacial score (nSPS) is 11.2. The number of amides is 2. The zero-order valence-corrected chi connectivity index (χ0v) is 18.0. The number of nitrogens with one attached hydrogen (secondary N) is 3. The Morgan fingerprint density at radius 2 is 1.62 bits per heavy atom. The van der Waals surface area contributed by atoms with Crippen molar-refractivity contribution in [1.82, 2.24) is 35.2 Å². The van der Waals surface area contributed by atoms with E-state index in [9.17, 15) is 19.2 Å². The second kappa shape index (κ2) is 8.28. The van der Waals surface area contributed by atoms with Gasteiger partial charge >= 0.3 is 0 Å². The fourth-order valence-electron chi connectivity index (χ4n) is 3.85. The molecule has 0 aliphatic heterocycles. The van der Waals surface area contributed by atoms with E-state index >= 15 is 0 Å². The molecule has 2 amide bonds. The van der Waals surface area contributed by atoms with Crippen molar-refractivity contribution in [2.24, 2.45) is 0 Å². The number of rotatable bonds is 4. The Balaban J connectivity index is 1.46. The molecule has 5 aromatic rings. The number of hydrogen-bond donors (Lipinski definition) is 3. The highest BCUT2D eigenvalue weighted by molar-refractivity contribution is 6.07. The second-order valence-corrected chi connectivity index (χ2v) is 7.62. The van der Waals surface area contributed by atoms with Crippen LogP contribution in [0.1, 0.15) is 34.2 Å². The number of nitrogens with zero attached hydrogens (tertiary/aromatic N) is 4. The fourth-order valence-corrected chi connectivity index (χ4v) is 3.85. The van der Waals surface area contributed by atoms with Crippen LogP contribution in [0.5, 0.6) is 0 Å². The highest BCUT2D eigenvalue weighted by Crippen LogP contribution is 2.15. The van der Waals surface area contributed by atoms with Crippen molar-refractivity contribution in [2.45, 2.75) is 19.9 Å². The topological polar surface area (TPSA) is 143 Å².